The fourth-order valence-electron chi connectivity index (χ4n) is 3.98. The summed E-state index contributed by atoms with van der Waals surface area (Å²) in [5.41, 5.74) is 0.720. The summed E-state index contributed by atoms with van der Waals surface area (Å²) in [4.78, 5) is 12.2. The van der Waals surface area contributed by atoms with Gasteiger partial charge in [-0.1, -0.05) is 39.7 Å². The van der Waals surface area contributed by atoms with Crippen molar-refractivity contribution >= 4 is 5.91 Å². The van der Waals surface area contributed by atoms with E-state index >= 15 is 0 Å². The maximum atomic E-state index is 12.2. The second kappa shape index (κ2) is 5.68. The van der Waals surface area contributed by atoms with Crippen molar-refractivity contribution < 1.29 is 4.79 Å². The Morgan fingerprint density at radius 1 is 1.37 bits per heavy atom. The monoisotopic (exact) mass is 263 g/mol. The van der Waals surface area contributed by atoms with E-state index in [1.165, 1.54) is 44.9 Å². The first-order valence-corrected chi connectivity index (χ1v) is 7.99. The fourth-order valence-corrected chi connectivity index (χ4v) is 3.98. The van der Waals surface area contributed by atoms with Crippen LogP contribution < -0.4 is 5.32 Å². The average molecular weight is 263 g/mol. The molecule has 2 nitrogen and oxygen atoms in total. The van der Waals surface area contributed by atoms with Gasteiger partial charge in [-0.25, -0.2) is 0 Å². The minimum atomic E-state index is 0.0714. The van der Waals surface area contributed by atoms with Crippen molar-refractivity contribution in [3.63, 3.8) is 0 Å². The van der Waals surface area contributed by atoms with Crippen LogP contribution in [0.3, 0.4) is 0 Å². The molecule has 0 heterocycles. The van der Waals surface area contributed by atoms with E-state index in [1.54, 1.807) is 0 Å². The Morgan fingerprint density at radius 2 is 2.05 bits per heavy atom. The third kappa shape index (κ3) is 2.88. The van der Waals surface area contributed by atoms with Crippen molar-refractivity contribution in [3.8, 4) is 0 Å². The first kappa shape index (κ1) is 14.6. The minimum Gasteiger partial charge on any atom is -0.346 e. The molecule has 3 atom stereocenters. The quantitative estimate of drug-likeness (QED) is 0.744. The van der Waals surface area contributed by atoms with Crippen molar-refractivity contribution in [2.45, 2.75) is 71.3 Å². The molecule has 2 heteroatoms. The lowest BCUT2D eigenvalue weighted by atomic mass is 9.64. The SMILES string of the molecule is C=C(C)C(=O)NC1(C2CC2)CCCCC1C(C)CC. The molecule has 2 aliphatic carbocycles. The highest BCUT2D eigenvalue weighted by Crippen LogP contribution is 2.52. The zero-order chi connectivity index (χ0) is 14.0. The smallest absolute Gasteiger partial charge is 0.246 e. The van der Waals surface area contributed by atoms with Crippen molar-refractivity contribution in [3.05, 3.63) is 12.2 Å². The highest BCUT2D eigenvalue weighted by Gasteiger charge is 2.52. The maximum Gasteiger partial charge on any atom is 0.246 e. The van der Waals surface area contributed by atoms with Crippen LogP contribution in [0.15, 0.2) is 12.2 Å². The van der Waals surface area contributed by atoms with Gasteiger partial charge < -0.3 is 5.32 Å². The zero-order valence-electron chi connectivity index (χ0n) is 12.8. The Morgan fingerprint density at radius 3 is 2.58 bits per heavy atom. The van der Waals surface area contributed by atoms with Crippen molar-refractivity contribution in [1.29, 1.82) is 0 Å². The van der Waals surface area contributed by atoms with Gasteiger partial charge in [0.1, 0.15) is 0 Å². The number of rotatable bonds is 5. The first-order valence-electron chi connectivity index (χ1n) is 7.99. The van der Waals surface area contributed by atoms with E-state index in [1.807, 2.05) is 6.92 Å². The van der Waals surface area contributed by atoms with E-state index in [0.717, 1.165) is 5.92 Å². The van der Waals surface area contributed by atoms with Crippen LogP contribution in [0.25, 0.3) is 0 Å². The minimum absolute atomic E-state index is 0.0714. The number of carbonyl (C=O) groups excluding carboxylic acids is 1. The van der Waals surface area contributed by atoms with Crippen LogP contribution in [0.4, 0.5) is 0 Å². The second-order valence-electron chi connectivity index (χ2n) is 6.79. The van der Waals surface area contributed by atoms with Crippen LogP contribution in [0, 0.1) is 17.8 Å². The third-order valence-corrected chi connectivity index (χ3v) is 5.39. The van der Waals surface area contributed by atoms with E-state index in [9.17, 15) is 4.79 Å². The molecule has 0 aromatic rings. The lowest BCUT2D eigenvalue weighted by Gasteiger charge is -2.48. The Labute approximate surface area is 118 Å². The number of amides is 1. The van der Waals surface area contributed by atoms with E-state index in [-0.39, 0.29) is 11.4 Å². The highest BCUT2D eigenvalue weighted by atomic mass is 16.1. The Hall–Kier alpha value is -0.790. The average Bonchev–Trinajstić information content (AvgIpc) is 3.22. The lowest BCUT2D eigenvalue weighted by molar-refractivity contribution is -0.121. The first-order chi connectivity index (χ1) is 9.01. The summed E-state index contributed by atoms with van der Waals surface area (Å²) in [6.45, 7) is 10.3. The van der Waals surface area contributed by atoms with Crippen molar-refractivity contribution in [2.24, 2.45) is 17.8 Å². The van der Waals surface area contributed by atoms with Gasteiger partial charge >= 0.3 is 0 Å². The predicted octanol–water partition coefficient (Wildman–Crippen LogP) is 4.06. The summed E-state index contributed by atoms with van der Waals surface area (Å²) in [5, 5.41) is 3.42. The van der Waals surface area contributed by atoms with Gasteiger partial charge in [0.25, 0.3) is 0 Å². The van der Waals surface area contributed by atoms with E-state index in [2.05, 4.69) is 25.7 Å². The van der Waals surface area contributed by atoms with Crippen LogP contribution in [-0.2, 0) is 4.79 Å². The normalized spacial score (nSPS) is 32.7. The number of hydrogen-bond donors (Lipinski definition) is 1. The van der Waals surface area contributed by atoms with E-state index in [0.29, 0.717) is 17.4 Å². The van der Waals surface area contributed by atoms with Crippen LogP contribution >= 0.6 is 0 Å². The molecule has 0 spiro atoms. The molecule has 0 bridgehead atoms. The summed E-state index contributed by atoms with van der Waals surface area (Å²) < 4.78 is 0. The topological polar surface area (TPSA) is 29.1 Å². The molecule has 1 N–H and O–H groups in total. The van der Waals surface area contributed by atoms with Gasteiger partial charge in [-0.05, 0) is 50.4 Å². The number of nitrogens with one attached hydrogen (secondary N) is 1. The van der Waals surface area contributed by atoms with Gasteiger partial charge in [-0.2, -0.15) is 0 Å². The molecule has 0 aromatic heterocycles. The summed E-state index contributed by atoms with van der Waals surface area (Å²) in [7, 11) is 0. The Kier molecular flexibility index (Phi) is 4.37. The Bertz CT molecular complexity index is 358. The van der Waals surface area contributed by atoms with Gasteiger partial charge in [-0.3, -0.25) is 4.79 Å². The third-order valence-electron chi connectivity index (χ3n) is 5.39. The van der Waals surface area contributed by atoms with Crippen LogP contribution in [0.2, 0.25) is 0 Å². The molecule has 0 saturated heterocycles. The van der Waals surface area contributed by atoms with Gasteiger partial charge in [0.05, 0.1) is 0 Å². The Balaban J connectivity index is 2.23. The fraction of sp³-hybridized carbons (Fsp3) is 0.824. The summed E-state index contributed by atoms with van der Waals surface area (Å²) in [6, 6.07) is 0. The van der Waals surface area contributed by atoms with Crippen LogP contribution in [0.1, 0.15) is 65.7 Å². The van der Waals surface area contributed by atoms with Gasteiger partial charge in [0, 0.05) is 11.1 Å². The second-order valence-corrected chi connectivity index (χ2v) is 6.79. The number of hydrogen-bond acceptors (Lipinski definition) is 1. The largest absolute Gasteiger partial charge is 0.346 e. The molecule has 1 amide bonds. The zero-order valence-corrected chi connectivity index (χ0v) is 12.8. The number of carbonyl (C=O) groups is 1. The molecule has 0 radical (unpaired) electrons. The van der Waals surface area contributed by atoms with Crippen LogP contribution in [-0.4, -0.2) is 11.4 Å². The predicted molar refractivity (Wildman–Crippen MR) is 79.8 cm³/mol. The molecule has 2 saturated carbocycles. The summed E-state index contributed by atoms with van der Waals surface area (Å²) >= 11 is 0. The summed E-state index contributed by atoms with van der Waals surface area (Å²) in [6.07, 6.45) is 8.84. The van der Waals surface area contributed by atoms with Crippen LogP contribution in [0.5, 0.6) is 0 Å². The maximum absolute atomic E-state index is 12.2. The van der Waals surface area contributed by atoms with Gasteiger partial charge in [0.2, 0.25) is 5.91 Å². The van der Waals surface area contributed by atoms with E-state index in [4.69, 9.17) is 0 Å². The molecule has 0 aliphatic heterocycles. The molecule has 2 aliphatic rings. The molecule has 108 valence electrons. The summed E-state index contributed by atoms with van der Waals surface area (Å²) in [5.74, 6) is 2.14. The molecule has 2 fully saturated rings. The molecule has 3 unspecified atom stereocenters. The van der Waals surface area contributed by atoms with Crippen molar-refractivity contribution in [2.75, 3.05) is 0 Å². The molecular weight excluding hydrogens is 234 g/mol. The lowest BCUT2D eigenvalue weighted by Crippen LogP contribution is -2.58. The molecular formula is C17H29NO. The van der Waals surface area contributed by atoms with E-state index < -0.39 is 0 Å². The highest BCUT2D eigenvalue weighted by molar-refractivity contribution is 5.92. The molecule has 0 aromatic carbocycles. The molecule has 19 heavy (non-hydrogen) atoms. The van der Waals surface area contributed by atoms with Crippen molar-refractivity contribution in [1.82, 2.24) is 5.32 Å². The molecule has 2 rings (SSSR count). The standard InChI is InChI=1S/C17H29NO/c1-5-13(4)15-8-6-7-11-17(15,14-9-10-14)18-16(19)12(2)3/h13-15H,2,5-11H2,1,3-4H3,(H,18,19). The van der Waals surface area contributed by atoms with Gasteiger partial charge in [0.15, 0.2) is 0 Å². The van der Waals surface area contributed by atoms with Gasteiger partial charge in [-0.15, -0.1) is 0 Å².